The highest BCUT2D eigenvalue weighted by molar-refractivity contribution is 5.86. The van der Waals surface area contributed by atoms with Crippen LogP contribution in [-0.2, 0) is 0 Å². The smallest absolute Gasteiger partial charge is 0.354 e. The lowest BCUT2D eigenvalue weighted by molar-refractivity contribution is 0.0686. The Kier molecular flexibility index (Phi) is 3.25. The van der Waals surface area contributed by atoms with E-state index >= 15 is 0 Å². The van der Waals surface area contributed by atoms with Crippen molar-refractivity contribution in [2.45, 2.75) is 26.8 Å². The van der Waals surface area contributed by atoms with E-state index in [1.165, 1.54) is 21.4 Å². The molecule has 0 saturated heterocycles. The van der Waals surface area contributed by atoms with Crippen LogP contribution < -0.4 is 5.56 Å². The van der Waals surface area contributed by atoms with Gasteiger partial charge in [-0.1, -0.05) is 6.07 Å². The summed E-state index contributed by atoms with van der Waals surface area (Å²) in [5.41, 5.74) is 0.443. The van der Waals surface area contributed by atoms with Crippen LogP contribution >= 0.6 is 0 Å². The van der Waals surface area contributed by atoms with Gasteiger partial charge in [0.25, 0.3) is 5.56 Å². The Balaban J connectivity index is 2.76. The van der Waals surface area contributed by atoms with Crippen molar-refractivity contribution in [3.63, 3.8) is 0 Å². The molecule has 6 nitrogen and oxygen atoms in total. The average Bonchev–Trinajstić information content (AvgIpc) is 2.70. The van der Waals surface area contributed by atoms with Crippen molar-refractivity contribution in [1.82, 2.24) is 14.3 Å². The third-order valence-corrected chi connectivity index (χ3v) is 2.75. The molecule has 0 atom stereocenters. The highest BCUT2D eigenvalue weighted by atomic mass is 16.4. The maximum atomic E-state index is 11.9. The number of pyridine rings is 1. The number of nitrogens with zero attached hydrogens (tertiary/aromatic N) is 3. The van der Waals surface area contributed by atoms with Crippen LogP contribution in [-0.4, -0.2) is 25.4 Å². The van der Waals surface area contributed by atoms with Gasteiger partial charge in [0.05, 0.1) is 5.69 Å². The minimum absolute atomic E-state index is 0.0394. The molecule has 0 spiro atoms. The number of aromatic nitrogens is 3. The number of carboxylic acids is 1. The minimum atomic E-state index is -1.08. The van der Waals surface area contributed by atoms with Crippen molar-refractivity contribution in [3.05, 3.63) is 46.0 Å². The molecule has 0 bridgehead atoms. The van der Waals surface area contributed by atoms with Gasteiger partial charge in [-0.25, -0.2) is 9.48 Å². The van der Waals surface area contributed by atoms with Gasteiger partial charge in [0, 0.05) is 12.1 Å². The van der Waals surface area contributed by atoms with Crippen LogP contribution in [0.5, 0.6) is 0 Å². The number of carbonyl (C=O) groups is 1. The molecule has 2 aromatic heterocycles. The van der Waals surface area contributed by atoms with Gasteiger partial charge >= 0.3 is 5.97 Å². The number of hydrogen-bond donors (Lipinski definition) is 1. The predicted molar refractivity (Wildman–Crippen MR) is 69.9 cm³/mol. The summed E-state index contributed by atoms with van der Waals surface area (Å²) >= 11 is 0. The zero-order chi connectivity index (χ0) is 14.2. The molecule has 0 aromatic carbocycles. The maximum Gasteiger partial charge on any atom is 0.354 e. The van der Waals surface area contributed by atoms with Crippen LogP contribution in [0.25, 0.3) is 5.82 Å². The fourth-order valence-electron chi connectivity index (χ4n) is 2.01. The quantitative estimate of drug-likeness (QED) is 0.910. The van der Waals surface area contributed by atoms with Crippen LogP contribution in [0.3, 0.4) is 0 Å². The van der Waals surface area contributed by atoms with E-state index in [1.54, 1.807) is 19.1 Å². The van der Waals surface area contributed by atoms with Crippen molar-refractivity contribution in [2.75, 3.05) is 0 Å². The summed E-state index contributed by atoms with van der Waals surface area (Å²) in [6, 6.07) is 6.11. The topological polar surface area (TPSA) is 77.1 Å². The van der Waals surface area contributed by atoms with E-state index < -0.39 is 5.97 Å². The van der Waals surface area contributed by atoms with Gasteiger partial charge < -0.3 is 5.11 Å². The highest BCUT2D eigenvalue weighted by Gasteiger charge is 2.17. The molecule has 0 saturated carbocycles. The van der Waals surface area contributed by atoms with Crippen LogP contribution in [0.4, 0.5) is 0 Å². The Hall–Kier alpha value is -2.37. The van der Waals surface area contributed by atoms with E-state index in [-0.39, 0.29) is 17.3 Å². The lowest BCUT2D eigenvalue weighted by Crippen LogP contribution is -2.26. The number of aryl methyl sites for hydroxylation is 1. The molecule has 19 heavy (non-hydrogen) atoms. The molecule has 2 heterocycles. The summed E-state index contributed by atoms with van der Waals surface area (Å²) in [6.07, 6.45) is 0. The highest BCUT2D eigenvalue weighted by Crippen LogP contribution is 2.14. The van der Waals surface area contributed by atoms with Crippen LogP contribution in [0.15, 0.2) is 29.1 Å². The first kappa shape index (κ1) is 13.1. The maximum absolute atomic E-state index is 11.9. The molecule has 0 radical (unpaired) electrons. The molecular formula is C13H15N3O3. The van der Waals surface area contributed by atoms with Gasteiger partial charge in [0.2, 0.25) is 0 Å². The third-order valence-electron chi connectivity index (χ3n) is 2.75. The molecule has 0 aliphatic carbocycles. The first-order chi connectivity index (χ1) is 8.91. The second-order valence-corrected chi connectivity index (χ2v) is 4.57. The molecule has 2 rings (SSSR count). The molecule has 0 fully saturated rings. The van der Waals surface area contributed by atoms with Gasteiger partial charge in [0.1, 0.15) is 5.82 Å². The van der Waals surface area contributed by atoms with Crippen molar-refractivity contribution in [2.24, 2.45) is 0 Å². The van der Waals surface area contributed by atoms with Gasteiger partial charge in [-0.15, -0.1) is 0 Å². The van der Waals surface area contributed by atoms with Crippen molar-refractivity contribution in [1.29, 1.82) is 0 Å². The molecule has 6 heteroatoms. The first-order valence-electron chi connectivity index (χ1n) is 5.93. The number of carboxylic acid groups (broad SMARTS) is 1. The number of hydrogen-bond acceptors (Lipinski definition) is 3. The summed E-state index contributed by atoms with van der Waals surface area (Å²) in [7, 11) is 0. The number of rotatable bonds is 3. The van der Waals surface area contributed by atoms with Crippen LogP contribution in [0.2, 0.25) is 0 Å². The Morgan fingerprint density at radius 2 is 2.05 bits per heavy atom. The van der Waals surface area contributed by atoms with Gasteiger partial charge in [-0.2, -0.15) is 5.10 Å². The summed E-state index contributed by atoms with van der Waals surface area (Å²) in [5, 5.41) is 13.4. The molecule has 2 aromatic rings. The second kappa shape index (κ2) is 4.72. The molecule has 0 unspecified atom stereocenters. The Labute approximate surface area is 109 Å². The van der Waals surface area contributed by atoms with Crippen molar-refractivity contribution in [3.8, 4) is 5.82 Å². The van der Waals surface area contributed by atoms with E-state index in [9.17, 15) is 14.7 Å². The van der Waals surface area contributed by atoms with Gasteiger partial charge in [0.15, 0.2) is 5.69 Å². The zero-order valence-corrected chi connectivity index (χ0v) is 11.0. The Bertz CT molecular complexity index is 683. The average molecular weight is 261 g/mol. The summed E-state index contributed by atoms with van der Waals surface area (Å²) in [4.78, 5) is 23.1. The monoisotopic (exact) mass is 261 g/mol. The van der Waals surface area contributed by atoms with E-state index in [2.05, 4.69) is 5.10 Å². The van der Waals surface area contributed by atoms with Crippen molar-refractivity contribution < 1.29 is 9.90 Å². The Morgan fingerprint density at radius 3 is 2.63 bits per heavy atom. The van der Waals surface area contributed by atoms with Crippen molar-refractivity contribution >= 4 is 5.97 Å². The van der Waals surface area contributed by atoms with E-state index in [0.717, 1.165) is 0 Å². The summed E-state index contributed by atoms with van der Waals surface area (Å²) in [5.74, 6) is -0.625. The predicted octanol–water partition coefficient (Wildman–Crippen LogP) is 1.62. The summed E-state index contributed by atoms with van der Waals surface area (Å²) in [6.45, 7) is 5.44. The van der Waals surface area contributed by atoms with Crippen LogP contribution in [0, 0.1) is 6.92 Å². The summed E-state index contributed by atoms with van der Waals surface area (Å²) < 4.78 is 2.80. The first-order valence-corrected chi connectivity index (χ1v) is 5.93. The van der Waals surface area contributed by atoms with Crippen LogP contribution in [0.1, 0.15) is 36.1 Å². The van der Waals surface area contributed by atoms with E-state index in [0.29, 0.717) is 11.5 Å². The lowest BCUT2D eigenvalue weighted by Gasteiger charge is -2.16. The molecule has 0 aliphatic heterocycles. The molecule has 100 valence electrons. The molecular weight excluding hydrogens is 246 g/mol. The fraction of sp³-hybridized carbons (Fsp3) is 0.308. The largest absolute Gasteiger partial charge is 0.477 e. The van der Waals surface area contributed by atoms with E-state index in [4.69, 9.17) is 0 Å². The molecule has 1 N–H and O–H groups in total. The Morgan fingerprint density at radius 1 is 1.37 bits per heavy atom. The zero-order valence-electron chi connectivity index (χ0n) is 11.0. The lowest BCUT2D eigenvalue weighted by atomic mass is 10.3. The van der Waals surface area contributed by atoms with E-state index in [1.807, 2.05) is 13.8 Å². The van der Waals surface area contributed by atoms with Gasteiger partial charge in [-0.3, -0.25) is 9.36 Å². The van der Waals surface area contributed by atoms with Gasteiger partial charge in [-0.05, 0) is 32.9 Å². The standard InChI is InChI=1S/C13H15N3O3/c1-8(2)15-11(5-4-6-12(15)17)16-10(13(18)19)7-9(3)14-16/h4-8H,1-3H3,(H,18,19). The normalized spacial score (nSPS) is 10.9. The molecule has 0 amide bonds. The SMILES string of the molecule is Cc1cc(C(=O)O)n(-c2cccc(=O)n2C(C)C)n1. The minimum Gasteiger partial charge on any atom is -0.477 e. The second-order valence-electron chi connectivity index (χ2n) is 4.57. The number of aromatic carboxylic acids is 1. The fourth-order valence-corrected chi connectivity index (χ4v) is 2.01. The third kappa shape index (κ3) is 2.29. The molecule has 0 aliphatic rings.